The van der Waals surface area contributed by atoms with E-state index in [9.17, 15) is 10.1 Å². The maximum atomic E-state index is 12.7. The van der Waals surface area contributed by atoms with E-state index in [4.69, 9.17) is 0 Å². The molecule has 1 fully saturated rings. The number of nitriles is 1. The predicted molar refractivity (Wildman–Crippen MR) is 95.0 cm³/mol. The molecule has 1 aromatic rings. The monoisotopic (exact) mass is 323 g/mol. The van der Waals surface area contributed by atoms with Gasteiger partial charge in [0.1, 0.15) is 0 Å². The number of urea groups is 1. The highest BCUT2D eigenvalue weighted by molar-refractivity contribution is 5.89. The zero-order valence-electron chi connectivity index (χ0n) is 14.6. The Balaban J connectivity index is 2.00. The van der Waals surface area contributed by atoms with E-state index in [1.54, 1.807) is 0 Å². The van der Waals surface area contributed by atoms with Crippen molar-refractivity contribution in [3.8, 4) is 6.07 Å². The number of hydrogen-bond acceptors (Lipinski definition) is 2. The third kappa shape index (κ3) is 2.91. The first-order valence-electron chi connectivity index (χ1n) is 8.88. The highest BCUT2D eigenvalue weighted by atomic mass is 16.2. The molecule has 1 N–H and O–H groups in total. The van der Waals surface area contributed by atoms with Crippen LogP contribution in [-0.2, 0) is 6.42 Å². The van der Waals surface area contributed by atoms with Crippen LogP contribution in [0.25, 0.3) is 5.70 Å². The normalized spacial score (nSPS) is 23.5. The van der Waals surface area contributed by atoms with Gasteiger partial charge < -0.3 is 10.2 Å². The number of carbonyl (C=O) groups is 1. The number of piperidine rings is 1. The van der Waals surface area contributed by atoms with Crippen molar-refractivity contribution in [1.82, 2.24) is 10.2 Å². The molecule has 4 nitrogen and oxygen atoms in total. The summed E-state index contributed by atoms with van der Waals surface area (Å²) in [5, 5.41) is 12.9. The summed E-state index contributed by atoms with van der Waals surface area (Å²) in [6.07, 6.45) is 5.01. The summed E-state index contributed by atoms with van der Waals surface area (Å²) in [7, 11) is 0. The summed E-state index contributed by atoms with van der Waals surface area (Å²) in [4.78, 5) is 14.6. The van der Waals surface area contributed by atoms with Crippen LogP contribution >= 0.6 is 0 Å². The molecule has 126 valence electrons. The number of carbonyl (C=O) groups excluding carboxylic acids is 1. The van der Waals surface area contributed by atoms with Gasteiger partial charge in [0.25, 0.3) is 0 Å². The Bertz CT molecular complexity index is 710. The van der Waals surface area contributed by atoms with E-state index in [1.165, 1.54) is 12.0 Å². The number of rotatable bonds is 2. The largest absolute Gasteiger partial charge is 0.325 e. The molecular weight excluding hydrogens is 298 g/mol. The molecule has 1 heterocycles. The van der Waals surface area contributed by atoms with Crippen LogP contribution in [0, 0.1) is 16.7 Å². The first-order valence-corrected chi connectivity index (χ1v) is 8.88. The van der Waals surface area contributed by atoms with E-state index in [2.05, 4.69) is 31.3 Å². The zero-order chi connectivity index (χ0) is 17.2. The third-order valence-electron chi connectivity index (χ3n) is 5.49. The molecule has 2 aliphatic rings. The lowest BCUT2D eigenvalue weighted by molar-refractivity contribution is 0.190. The highest BCUT2D eigenvalue weighted by Gasteiger charge is 2.37. The van der Waals surface area contributed by atoms with Crippen LogP contribution in [0.5, 0.6) is 0 Å². The maximum Gasteiger partial charge on any atom is 0.321 e. The molecule has 0 bridgehead atoms. The molecule has 1 saturated heterocycles. The Morgan fingerprint density at radius 1 is 1.29 bits per heavy atom. The van der Waals surface area contributed by atoms with Gasteiger partial charge >= 0.3 is 6.03 Å². The summed E-state index contributed by atoms with van der Waals surface area (Å²) in [5.74, 6) is 0. The summed E-state index contributed by atoms with van der Waals surface area (Å²) < 4.78 is 0. The molecule has 4 heteroatoms. The van der Waals surface area contributed by atoms with Crippen LogP contribution in [-0.4, -0.2) is 24.0 Å². The SMILES string of the molecule is CC[C@]1(C)Cc2ccccc2C(NC(=O)N2CCCCC2)=C1C#N. The van der Waals surface area contributed by atoms with Gasteiger partial charge in [-0.2, -0.15) is 5.26 Å². The Morgan fingerprint density at radius 2 is 2.00 bits per heavy atom. The van der Waals surface area contributed by atoms with E-state index < -0.39 is 0 Å². The van der Waals surface area contributed by atoms with Gasteiger partial charge in [-0.1, -0.05) is 38.1 Å². The van der Waals surface area contributed by atoms with Gasteiger partial charge in [0, 0.05) is 24.1 Å². The average Bonchev–Trinajstić information content (AvgIpc) is 2.62. The molecule has 0 spiro atoms. The van der Waals surface area contributed by atoms with Gasteiger partial charge in [0.15, 0.2) is 0 Å². The Labute approximate surface area is 144 Å². The molecule has 1 aliphatic carbocycles. The minimum absolute atomic E-state index is 0.0763. The second-order valence-electron chi connectivity index (χ2n) is 7.09. The average molecular weight is 323 g/mol. The summed E-state index contributed by atoms with van der Waals surface area (Å²) in [5.41, 5.74) is 3.38. The lowest BCUT2D eigenvalue weighted by Gasteiger charge is -2.36. The molecule has 1 aliphatic heterocycles. The summed E-state index contributed by atoms with van der Waals surface area (Å²) >= 11 is 0. The van der Waals surface area contributed by atoms with E-state index in [0.717, 1.165) is 44.3 Å². The fraction of sp³-hybridized carbons (Fsp3) is 0.500. The van der Waals surface area contributed by atoms with Crippen molar-refractivity contribution in [3.63, 3.8) is 0 Å². The minimum atomic E-state index is -0.229. The molecule has 3 rings (SSSR count). The maximum absolute atomic E-state index is 12.7. The molecule has 2 amide bonds. The summed E-state index contributed by atoms with van der Waals surface area (Å²) in [6.45, 7) is 5.82. The van der Waals surface area contributed by atoms with Crippen molar-refractivity contribution in [2.45, 2.75) is 46.0 Å². The Hall–Kier alpha value is -2.28. The van der Waals surface area contributed by atoms with Crippen LogP contribution in [0.15, 0.2) is 29.8 Å². The van der Waals surface area contributed by atoms with Crippen molar-refractivity contribution in [2.75, 3.05) is 13.1 Å². The van der Waals surface area contributed by atoms with Crippen molar-refractivity contribution in [3.05, 3.63) is 41.0 Å². The topological polar surface area (TPSA) is 56.1 Å². The number of amides is 2. The number of nitrogens with zero attached hydrogens (tertiary/aromatic N) is 2. The van der Waals surface area contributed by atoms with E-state index >= 15 is 0 Å². The van der Waals surface area contributed by atoms with E-state index in [-0.39, 0.29) is 11.4 Å². The number of hydrogen-bond donors (Lipinski definition) is 1. The first-order chi connectivity index (χ1) is 11.6. The highest BCUT2D eigenvalue weighted by Crippen LogP contribution is 2.43. The van der Waals surface area contributed by atoms with E-state index in [0.29, 0.717) is 11.3 Å². The Kier molecular flexibility index (Phi) is 4.62. The molecule has 0 saturated carbocycles. The predicted octanol–water partition coefficient (Wildman–Crippen LogP) is 4.09. The summed E-state index contributed by atoms with van der Waals surface area (Å²) in [6, 6.07) is 10.4. The van der Waals surface area contributed by atoms with Crippen LogP contribution in [0.1, 0.15) is 50.7 Å². The van der Waals surface area contributed by atoms with Crippen LogP contribution < -0.4 is 5.32 Å². The van der Waals surface area contributed by atoms with Crippen molar-refractivity contribution in [2.24, 2.45) is 5.41 Å². The number of benzene rings is 1. The fourth-order valence-electron chi connectivity index (χ4n) is 3.77. The first kappa shape index (κ1) is 16.6. The van der Waals surface area contributed by atoms with Gasteiger partial charge in [-0.15, -0.1) is 0 Å². The molecule has 0 unspecified atom stereocenters. The zero-order valence-corrected chi connectivity index (χ0v) is 14.6. The molecule has 0 aromatic heterocycles. The van der Waals surface area contributed by atoms with Gasteiger partial charge in [-0.25, -0.2) is 4.79 Å². The fourth-order valence-corrected chi connectivity index (χ4v) is 3.77. The molecular formula is C20H25N3O. The van der Waals surface area contributed by atoms with Gasteiger partial charge in [-0.05, 0) is 37.7 Å². The van der Waals surface area contributed by atoms with Gasteiger partial charge in [-0.3, -0.25) is 0 Å². The molecule has 1 atom stereocenters. The van der Waals surface area contributed by atoms with Crippen molar-refractivity contribution >= 4 is 11.7 Å². The second-order valence-corrected chi connectivity index (χ2v) is 7.09. The van der Waals surface area contributed by atoms with Crippen molar-refractivity contribution < 1.29 is 4.79 Å². The minimum Gasteiger partial charge on any atom is -0.325 e. The lowest BCUT2D eigenvalue weighted by Crippen LogP contribution is -2.43. The number of nitrogens with one attached hydrogen (secondary N) is 1. The lowest BCUT2D eigenvalue weighted by atomic mass is 9.69. The number of fused-ring (bicyclic) bond motifs is 1. The third-order valence-corrected chi connectivity index (χ3v) is 5.49. The van der Waals surface area contributed by atoms with Crippen LogP contribution in [0.3, 0.4) is 0 Å². The standard InChI is InChI=1S/C20H25N3O/c1-3-20(2)13-15-9-5-6-10-16(15)18(17(20)14-21)22-19(24)23-11-7-4-8-12-23/h5-6,9-10H,3-4,7-8,11-13H2,1-2H3,(H,22,24)/t20-/m1/s1. The van der Waals surface area contributed by atoms with Crippen LogP contribution in [0.4, 0.5) is 4.79 Å². The molecule has 0 radical (unpaired) electrons. The van der Waals surface area contributed by atoms with E-state index in [1.807, 2.05) is 23.1 Å². The van der Waals surface area contributed by atoms with Crippen LogP contribution in [0.2, 0.25) is 0 Å². The second kappa shape index (κ2) is 6.68. The number of likely N-dealkylation sites (tertiary alicyclic amines) is 1. The quantitative estimate of drug-likeness (QED) is 0.891. The Morgan fingerprint density at radius 3 is 2.67 bits per heavy atom. The van der Waals surface area contributed by atoms with Crippen molar-refractivity contribution in [1.29, 1.82) is 5.26 Å². The van der Waals surface area contributed by atoms with Gasteiger partial charge in [0.05, 0.1) is 17.3 Å². The number of allylic oxidation sites excluding steroid dienone is 1. The molecule has 1 aromatic carbocycles. The smallest absolute Gasteiger partial charge is 0.321 e. The van der Waals surface area contributed by atoms with Gasteiger partial charge in [0.2, 0.25) is 0 Å². The molecule has 24 heavy (non-hydrogen) atoms.